The summed E-state index contributed by atoms with van der Waals surface area (Å²) in [7, 11) is 3.17. The van der Waals surface area contributed by atoms with Gasteiger partial charge in [0.1, 0.15) is 6.26 Å². The lowest BCUT2D eigenvalue weighted by Gasteiger charge is -2.27. The van der Waals surface area contributed by atoms with Crippen LogP contribution in [0.5, 0.6) is 0 Å². The first kappa shape index (κ1) is 11.7. The van der Waals surface area contributed by atoms with Crippen LogP contribution in [0, 0.1) is 0 Å². The molecular formula is C9H14BrNO3. The summed E-state index contributed by atoms with van der Waals surface area (Å²) in [6.45, 7) is 0. The van der Waals surface area contributed by atoms with Gasteiger partial charge in [-0.15, -0.1) is 0 Å². The topological polar surface area (TPSA) is 44.5 Å². The SMILES string of the molecule is COC(CCCBr)(OC)c1ncco1. The highest BCUT2D eigenvalue weighted by Crippen LogP contribution is 2.29. The number of hydrogen-bond donors (Lipinski definition) is 0. The van der Waals surface area contributed by atoms with Gasteiger partial charge in [0.05, 0.1) is 6.20 Å². The number of rotatable bonds is 6. The first-order valence-electron chi connectivity index (χ1n) is 4.35. The maximum Gasteiger partial charge on any atom is 0.255 e. The first-order valence-corrected chi connectivity index (χ1v) is 5.47. The Kier molecular flexibility index (Phi) is 4.57. The van der Waals surface area contributed by atoms with Gasteiger partial charge in [-0.05, 0) is 6.42 Å². The van der Waals surface area contributed by atoms with Gasteiger partial charge in [-0.25, -0.2) is 4.98 Å². The third kappa shape index (κ3) is 2.34. The zero-order chi connectivity index (χ0) is 10.4. The zero-order valence-corrected chi connectivity index (χ0v) is 9.91. The molecular weight excluding hydrogens is 250 g/mol. The van der Waals surface area contributed by atoms with E-state index in [9.17, 15) is 0 Å². The van der Waals surface area contributed by atoms with Crippen molar-refractivity contribution in [1.82, 2.24) is 4.98 Å². The molecule has 0 spiro atoms. The molecule has 0 aliphatic rings. The molecule has 0 aliphatic carbocycles. The van der Waals surface area contributed by atoms with Crippen LogP contribution in [0.3, 0.4) is 0 Å². The van der Waals surface area contributed by atoms with Gasteiger partial charge in [0, 0.05) is 26.0 Å². The van der Waals surface area contributed by atoms with Crippen molar-refractivity contribution in [1.29, 1.82) is 0 Å². The lowest BCUT2D eigenvalue weighted by atomic mass is 10.1. The molecule has 0 radical (unpaired) electrons. The number of aromatic nitrogens is 1. The van der Waals surface area contributed by atoms with E-state index in [1.54, 1.807) is 20.4 Å². The first-order chi connectivity index (χ1) is 6.79. The summed E-state index contributed by atoms with van der Waals surface area (Å²) in [5, 5.41) is 0.891. The Labute approximate surface area is 91.7 Å². The molecule has 0 aromatic carbocycles. The second-order valence-electron chi connectivity index (χ2n) is 2.79. The van der Waals surface area contributed by atoms with E-state index in [1.165, 1.54) is 6.26 Å². The number of oxazole rings is 1. The van der Waals surface area contributed by atoms with E-state index in [0.717, 1.165) is 11.8 Å². The highest BCUT2D eigenvalue weighted by atomic mass is 79.9. The summed E-state index contributed by atoms with van der Waals surface area (Å²) in [5.74, 6) is -0.388. The number of halogens is 1. The molecule has 1 aromatic rings. The van der Waals surface area contributed by atoms with Crippen LogP contribution in [-0.4, -0.2) is 24.5 Å². The fourth-order valence-corrected chi connectivity index (χ4v) is 1.56. The fraction of sp³-hybridized carbons (Fsp3) is 0.667. The molecule has 0 atom stereocenters. The van der Waals surface area contributed by atoms with Crippen molar-refractivity contribution in [2.75, 3.05) is 19.5 Å². The molecule has 14 heavy (non-hydrogen) atoms. The van der Waals surface area contributed by atoms with Crippen LogP contribution in [-0.2, 0) is 15.3 Å². The van der Waals surface area contributed by atoms with Crippen LogP contribution in [0.15, 0.2) is 16.9 Å². The van der Waals surface area contributed by atoms with Gasteiger partial charge in [-0.2, -0.15) is 0 Å². The van der Waals surface area contributed by atoms with Gasteiger partial charge in [-0.1, -0.05) is 15.9 Å². The molecule has 0 bridgehead atoms. The van der Waals surface area contributed by atoms with Gasteiger partial charge >= 0.3 is 0 Å². The molecule has 0 fully saturated rings. The van der Waals surface area contributed by atoms with Gasteiger partial charge in [0.15, 0.2) is 0 Å². The standard InChI is InChI=1S/C9H14BrNO3/c1-12-9(13-2,4-3-5-10)8-11-6-7-14-8/h6-7H,3-5H2,1-2H3. The van der Waals surface area contributed by atoms with E-state index < -0.39 is 5.79 Å². The van der Waals surface area contributed by atoms with E-state index in [-0.39, 0.29) is 0 Å². The van der Waals surface area contributed by atoms with Gasteiger partial charge in [0.25, 0.3) is 5.89 Å². The number of nitrogens with zero attached hydrogens (tertiary/aromatic N) is 1. The second-order valence-corrected chi connectivity index (χ2v) is 3.58. The molecule has 1 heterocycles. The van der Waals surface area contributed by atoms with E-state index >= 15 is 0 Å². The van der Waals surface area contributed by atoms with Crippen LogP contribution in [0.1, 0.15) is 18.7 Å². The molecule has 4 nitrogen and oxygen atoms in total. The summed E-state index contributed by atoms with van der Waals surface area (Å²) < 4.78 is 15.9. The number of ether oxygens (including phenoxy) is 2. The monoisotopic (exact) mass is 263 g/mol. The predicted octanol–water partition coefficient (Wildman–Crippen LogP) is 2.30. The molecule has 80 valence electrons. The van der Waals surface area contributed by atoms with Crippen LogP contribution in [0.4, 0.5) is 0 Å². The average Bonchev–Trinajstić information content (AvgIpc) is 2.74. The minimum absolute atomic E-state index is 0.462. The Morgan fingerprint density at radius 1 is 1.50 bits per heavy atom. The highest BCUT2D eigenvalue weighted by molar-refractivity contribution is 9.09. The Balaban J connectivity index is 2.80. The fourth-order valence-electron chi connectivity index (χ4n) is 1.28. The average molecular weight is 264 g/mol. The molecule has 0 saturated carbocycles. The molecule has 0 unspecified atom stereocenters. The summed E-state index contributed by atoms with van der Waals surface area (Å²) in [5.41, 5.74) is 0. The van der Waals surface area contributed by atoms with E-state index in [0.29, 0.717) is 12.3 Å². The Hall–Kier alpha value is -0.390. The van der Waals surface area contributed by atoms with Crippen molar-refractivity contribution in [3.05, 3.63) is 18.4 Å². The maximum atomic E-state index is 5.33. The second kappa shape index (κ2) is 5.48. The zero-order valence-electron chi connectivity index (χ0n) is 8.33. The summed E-state index contributed by atoms with van der Waals surface area (Å²) in [6, 6.07) is 0. The van der Waals surface area contributed by atoms with E-state index in [4.69, 9.17) is 13.9 Å². The minimum Gasteiger partial charge on any atom is -0.444 e. The Bertz CT molecular complexity index is 247. The van der Waals surface area contributed by atoms with Gasteiger partial charge < -0.3 is 13.9 Å². The maximum absolute atomic E-state index is 5.33. The third-order valence-corrected chi connectivity index (χ3v) is 2.62. The van der Waals surface area contributed by atoms with Crippen molar-refractivity contribution in [3.63, 3.8) is 0 Å². The summed E-state index contributed by atoms with van der Waals surface area (Å²) in [4.78, 5) is 4.05. The number of methoxy groups -OCH3 is 2. The van der Waals surface area contributed by atoms with Crippen molar-refractivity contribution >= 4 is 15.9 Å². The van der Waals surface area contributed by atoms with Crippen molar-refractivity contribution in [2.24, 2.45) is 0 Å². The van der Waals surface area contributed by atoms with Crippen LogP contribution >= 0.6 is 15.9 Å². The molecule has 5 heteroatoms. The quantitative estimate of drug-likeness (QED) is 0.584. The van der Waals surface area contributed by atoms with Gasteiger partial charge in [-0.3, -0.25) is 0 Å². The molecule has 1 rings (SSSR count). The highest BCUT2D eigenvalue weighted by Gasteiger charge is 2.36. The van der Waals surface area contributed by atoms with Crippen LogP contribution in [0.25, 0.3) is 0 Å². The Morgan fingerprint density at radius 3 is 2.64 bits per heavy atom. The predicted molar refractivity (Wildman–Crippen MR) is 55.2 cm³/mol. The van der Waals surface area contributed by atoms with Gasteiger partial charge in [0.2, 0.25) is 5.79 Å². The molecule has 0 aliphatic heterocycles. The third-order valence-electron chi connectivity index (χ3n) is 2.06. The lowest BCUT2D eigenvalue weighted by Crippen LogP contribution is -2.31. The largest absolute Gasteiger partial charge is 0.444 e. The Morgan fingerprint density at radius 2 is 2.21 bits per heavy atom. The van der Waals surface area contributed by atoms with Crippen molar-refractivity contribution in [3.8, 4) is 0 Å². The van der Waals surface area contributed by atoms with Crippen LogP contribution < -0.4 is 0 Å². The summed E-state index contributed by atoms with van der Waals surface area (Å²) in [6.07, 6.45) is 4.71. The molecule has 0 amide bonds. The van der Waals surface area contributed by atoms with Crippen molar-refractivity contribution in [2.45, 2.75) is 18.6 Å². The molecule has 0 N–H and O–H groups in total. The normalized spacial score (nSPS) is 11.9. The number of hydrogen-bond acceptors (Lipinski definition) is 4. The van der Waals surface area contributed by atoms with E-state index in [1.807, 2.05) is 0 Å². The summed E-state index contributed by atoms with van der Waals surface area (Å²) >= 11 is 3.36. The lowest BCUT2D eigenvalue weighted by molar-refractivity contribution is -0.233. The minimum atomic E-state index is -0.850. The van der Waals surface area contributed by atoms with E-state index in [2.05, 4.69) is 20.9 Å². The number of alkyl halides is 1. The van der Waals surface area contributed by atoms with Crippen molar-refractivity contribution < 1.29 is 13.9 Å². The smallest absolute Gasteiger partial charge is 0.255 e. The molecule has 0 saturated heterocycles. The van der Waals surface area contributed by atoms with Crippen LogP contribution in [0.2, 0.25) is 0 Å². The molecule has 1 aromatic heterocycles.